The van der Waals surface area contributed by atoms with Gasteiger partial charge in [0.1, 0.15) is 22.9 Å². The fourth-order valence-corrected chi connectivity index (χ4v) is 2.11. The number of nitro groups is 1. The first kappa shape index (κ1) is 13.8. The molecule has 1 aliphatic rings. The molecule has 0 aliphatic heterocycles. The summed E-state index contributed by atoms with van der Waals surface area (Å²) < 4.78 is 5.77. The summed E-state index contributed by atoms with van der Waals surface area (Å²) in [6, 6.07) is 6.68. The number of nitrogens with one attached hydrogen (secondary N) is 1. The highest BCUT2D eigenvalue weighted by atomic mass is 79.9. The second-order valence-electron chi connectivity index (χ2n) is 4.28. The van der Waals surface area contributed by atoms with Gasteiger partial charge in [0, 0.05) is 12.1 Å². The number of nitro benzene ring substituents is 1. The number of rotatable bonds is 6. The molecule has 1 saturated carbocycles. The standard InChI is InChI=1S/C12H12BrN3O3/c13-12-10(16(17)18)2-1-3-11(12)19-7-9(6-14)15-8-4-5-8/h1-3,8-9,15H,4-5,7H2. The Hall–Kier alpha value is -1.65. The van der Waals surface area contributed by atoms with Gasteiger partial charge in [-0.2, -0.15) is 5.26 Å². The number of benzene rings is 1. The maximum Gasteiger partial charge on any atom is 0.287 e. The highest BCUT2D eigenvalue weighted by molar-refractivity contribution is 9.10. The van der Waals surface area contributed by atoms with Crippen molar-refractivity contribution in [2.45, 2.75) is 24.9 Å². The van der Waals surface area contributed by atoms with E-state index in [4.69, 9.17) is 10.00 Å². The Labute approximate surface area is 118 Å². The zero-order valence-electron chi connectivity index (χ0n) is 10.0. The Balaban J connectivity index is 2.00. The van der Waals surface area contributed by atoms with Crippen molar-refractivity contribution >= 4 is 21.6 Å². The number of ether oxygens (including phenoxy) is 1. The largest absolute Gasteiger partial charge is 0.489 e. The van der Waals surface area contributed by atoms with Crippen LogP contribution < -0.4 is 10.1 Å². The van der Waals surface area contributed by atoms with Crippen molar-refractivity contribution < 1.29 is 9.66 Å². The SMILES string of the molecule is N#CC(COc1cccc([N+](=O)[O-])c1Br)NC1CC1. The molecule has 1 unspecified atom stereocenters. The first-order chi connectivity index (χ1) is 9.11. The van der Waals surface area contributed by atoms with E-state index in [0.717, 1.165) is 12.8 Å². The molecule has 1 N–H and O–H groups in total. The van der Waals surface area contributed by atoms with Gasteiger partial charge in [0.15, 0.2) is 0 Å². The van der Waals surface area contributed by atoms with Crippen LogP contribution in [0.1, 0.15) is 12.8 Å². The lowest BCUT2D eigenvalue weighted by atomic mass is 10.3. The van der Waals surface area contributed by atoms with Crippen LogP contribution in [0, 0.1) is 21.4 Å². The Morgan fingerprint density at radius 2 is 2.37 bits per heavy atom. The molecule has 1 aromatic rings. The first-order valence-electron chi connectivity index (χ1n) is 5.83. The summed E-state index contributed by atoms with van der Waals surface area (Å²) in [5.74, 6) is 0.368. The molecule has 100 valence electrons. The zero-order chi connectivity index (χ0) is 13.8. The summed E-state index contributed by atoms with van der Waals surface area (Å²) in [6.45, 7) is 0.159. The van der Waals surface area contributed by atoms with Gasteiger partial charge in [-0.1, -0.05) is 6.07 Å². The van der Waals surface area contributed by atoms with Crippen LogP contribution in [0.2, 0.25) is 0 Å². The van der Waals surface area contributed by atoms with Gasteiger partial charge in [0.2, 0.25) is 0 Å². The summed E-state index contributed by atoms with van der Waals surface area (Å²) in [5, 5.41) is 22.9. The number of hydrogen-bond donors (Lipinski definition) is 1. The van der Waals surface area contributed by atoms with Gasteiger partial charge in [0.25, 0.3) is 5.69 Å². The zero-order valence-corrected chi connectivity index (χ0v) is 11.6. The highest BCUT2D eigenvalue weighted by Gasteiger charge is 2.25. The molecule has 1 aromatic carbocycles. The fourth-order valence-electron chi connectivity index (χ4n) is 1.58. The van der Waals surface area contributed by atoms with Gasteiger partial charge in [-0.3, -0.25) is 15.4 Å². The van der Waals surface area contributed by atoms with Crippen LogP contribution in [0.25, 0.3) is 0 Å². The van der Waals surface area contributed by atoms with E-state index in [1.165, 1.54) is 6.07 Å². The van der Waals surface area contributed by atoms with Gasteiger partial charge < -0.3 is 4.74 Å². The third-order valence-corrected chi connectivity index (χ3v) is 3.51. The predicted molar refractivity (Wildman–Crippen MR) is 71.9 cm³/mol. The minimum absolute atomic E-state index is 0.0545. The maximum absolute atomic E-state index is 10.8. The second-order valence-corrected chi connectivity index (χ2v) is 5.07. The number of nitrogens with zero attached hydrogens (tertiary/aromatic N) is 2. The summed E-state index contributed by atoms with van der Waals surface area (Å²) >= 11 is 3.15. The lowest BCUT2D eigenvalue weighted by molar-refractivity contribution is -0.385. The third kappa shape index (κ3) is 3.66. The summed E-state index contributed by atoms with van der Waals surface area (Å²) in [7, 11) is 0. The lowest BCUT2D eigenvalue weighted by Crippen LogP contribution is -2.34. The summed E-state index contributed by atoms with van der Waals surface area (Å²) in [6.07, 6.45) is 2.16. The van der Waals surface area contributed by atoms with E-state index in [-0.39, 0.29) is 12.3 Å². The number of halogens is 1. The van der Waals surface area contributed by atoms with Gasteiger partial charge in [-0.25, -0.2) is 0 Å². The monoisotopic (exact) mass is 325 g/mol. The van der Waals surface area contributed by atoms with Crippen LogP contribution >= 0.6 is 15.9 Å². The quantitative estimate of drug-likeness (QED) is 0.640. The molecule has 7 heteroatoms. The van der Waals surface area contributed by atoms with Gasteiger partial charge in [-0.15, -0.1) is 0 Å². The molecular formula is C12H12BrN3O3. The Morgan fingerprint density at radius 1 is 1.63 bits per heavy atom. The normalized spacial score (nSPS) is 15.6. The van der Waals surface area contributed by atoms with Crippen LogP contribution in [0.5, 0.6) is 5.75 Å². The predicted octanol–water partition coefficient (Wildman–Crippen LogP) is 2.38. The van der Waals surface area contributed by atoms with Gasteiger partial charge in [-0.05, 0) is 34.8 Å². The molecule has 0 amide bonds. The van der Waals surface area contributed by atoms with Crippen molar-refractivity contribution in [2.24, 2.45) is 0 Å². The first-order valence-corrected chi connectivity index (χ1v) is 6.62. The van der Waals surface area contributed by atoms with Gasteiger partial charge in [0.05, 0.1) is 11.0 Å². The van der Waals surface area contributed by atoms with E-state index in [0.29, 0.717) is 16.3 Å². The van der Waals surface area contributed by atoms with E-state index < -0.39 is 11.0 Å². The molecule has 1 fully saturated rings. The van der Waals surface area contributed by atoms with Gasteiger partial charge >= 0.3 is 0 Å². The molecule has 6 nitrogen and oxygen atoms in total. The van der Waals surface area contributed by atoms with Crippen molar-refractivity contribution in [3.63, 3.8) is 0 Å². The molecule has 0 heterocycles. The smallest absolute Gasteiger partial charge is 0.287 e. The van der Waals surface area contributed by atoms with Crippen LogP contribution in [-0.2, 0) is 0 Å². The van der Waals surface area contributed by atoms with E-state index in [9.17, 15) is 10.1 Å². The molecule has 19 heavy (non-hydrogen) atoms. The molecule has 2 rings (SSSR count). The third-order valence-electron chi connectivity index (χ3n) is 2.72. The highest BCUT2D eigenvalue weighted by Crippen LogP contribution is 2.33. The maximum atomic E-state index is 10.8. The van der Waals surface area contributed by atoms with E-state index in [2.05, 4.69) is 27.3 Å². The lowest BCUT2D eigenvalue weighted by Gasteiger charge is -2.13. The van der Waals surface area contributed by atoms with E-state index in [1.54, 1.807) is 12.1 Å². The number of hydrogen-bond acceptors (Lipinski definition) is 5. The van der Waals surface area contributed by atoms with Crippen LogP contribution in [0.4, 0.5) is 5.69 Å². The summed E-state index contributed by atoms with van der Waals surface area (Å²) in [4.78, 5) is 10.3. The summed E-state index contributed by atoms with van der Waals surface area (Å²) in [5.41, 5.74) is -0.0545. The van der Waals surface area contributed by atoms with Crippen LogP contribution in [0.15, 0.2) is 22.7 Å². The molecule has 0 aromatic heterocycles. The molecular weight excluding hydrogens is 314 g/mol. The second kappa shape index (κ2) is 5.99. The average Bonchev–Trinajstić information content (AvgIpc) is 3.19. The molecule has 0 bridgehead atoms. The van der Waals surface area contributed by atoms with Crippen molar-refractivity contribution in [2.75, 3.05) is 6.61 Å². The minimum Gasteiger partial charge on any atom is -0.489 e. The topological polar surface area (TPSA) is 88.2 Å². The Bertz CT molecular complexity index is 525. The molecule has 0 radical (unpaired) electrons. The molecule has 0 saturated heterocycles. The van der Waals surface area contributed by atoms with Crippen molar-refractivity contribution in [3.05, 3.63) is 32.8 Å². The van der Waals surface area contributed by atoms with E-state index in [1.807, 2.05) is 0 Å². The minimum atomic E-state index is -0.485. The van der Waals surface area contributed by atoms with Crippen molar-refractivity contribution in [1.82, 2.24) is 5.32 Å². The fraction of sp³-hybridized carbons (Fsp3) is 0.417. The van der Waals surface area contributed by atoms with Crippen LogP contribution in [0.3, 0.4) is 0 Å². The molecule has 1 atom stereocenters. The Kier molecular flexibility index (Phi) is 4.35. The van der Waals surface area contributed by atoms with Crippen molar-refractivity contribution in [3.8, 4) is 11.8 Å². The van der Waals surface area contributed by atoms with Crippen LogP contribution in [-0.4, -0.2) is 23.6 Å². The Morgan fingerprint density at radius 3 is 2.95 bits per heavy atom. The van der Waals surface area contributed by atoms with E-state index >= 15 is 0 Å². The molecule has 1 aliphatic carbocycles. The number of nitriles is 1. The average molecular weight is 326 g/mol. The van der Waals surface area contributed by atoms with Crippen molar-refractivity contribution in [1.29, 1.82) is 5.26 Å². The molecule has 0 spiro atoms.